The first kappa shape index (κ1) is 15.7. The summed E-state index contributed by atoms with van der Waals surface area (Å²) in [5, 5.41) is 5.21. The van der Waals surface area contributed by atoms with Gasteiger partial charge in [0.1, 0.15) is 5.82 Å². The van der Waals surface area contributed by atoms with E-state index in [0.29, 0.717) is 12.1 Å². The molecule has 2 amide bonds. The van der Waals surface area contributed by atoms with Gasteiger partial charge in [-0.25, -0.2) is 4.39 Å². The summed E-state index contributed by atoms with van der Waals surface area (Å²) in [4.78, 5) is 22.8. The molecule has 2 aromatic carbocycles. The minimum Gasteiger partial charge on any atom is -0.355 e. The van der Waals surface area contributed by atoms with Crippen molar-refractivity contribution < 1.29 is 14.0 Å². The van der Waals surface area contributed by atoms with Crippen LogP contribution < -0.4 is 10.6 Å². The monoisotopic (exact) mass is 300 g/mol. The zero-order valence-electron chi connectivity index (χ0n) is 12.2. The third-order valence-electron chi connectivity index (χ3n) is 3.05. The third kappa shape index (κ3) is 4.41. The maximum atomic E-state index is 13.7. The minimum atomic E-state index is -0.464. The Morgan fingerprint density at radius 1 is 0.955 bits per heavy atom. The van der Waals surface area contributed by atoms with Crippen LogP contribution in [0.1, 0.15) is 17.3 Å². The number of nitrogens with one attached hydrogen (secondary N) is 2. The molecule has 0 fully saturated rings. The van der Waals surface area contributed by atoms with E-state index in [2.05, 4.69) is 10.6 Å². The Balaban J connectivity index is 2.09. The van der Waals surface area contributed by atoms with Gasteiger partial charge in [0.2, 0.25) is 5.91 Å². The largest absolute Gasteiger partial charge is 0.355 e. The van der Waals surface area contributed by atoms with Crippen LogP contribution in [0.5, 0.6) is 0 Å². The van der Waals surface area contributed by atoms with Crippen LogP contribution in [-0.4, -0.2) is 24.9 Å². The number of hydrogen-bond donors (Lipinski definition) is 2. The molecule has 114 valence electrons. The van der Waals surface area contributed by atoms with Gasteiger partial charge in [0.25, 0.3) is 5.91 Å². The van der Waals surface area contributed by atoms with Gasteiger partial charge in [-0.05, 0) is 29.3 Å². The Kier molecular flexibility index (Phi) is 5.25. The smallest absolute Gasteiger partial charge is 0.251 e. The quantitative estimate of drug-likeness (QED) is 0.833. The van der Waals surface area contributed by atoms with Gasteiger partial charge in [0.15, 0.2) is 0 Å². The molecule has 0 saturated heterocycles. The number of amides is 2. The van der Waals surface area contributed by atoms with Crippen molar-refractivity contribution in [3.05, 3.63) is 59.9 Å². The lowest BCUT2D eigenvalue weighted by molar-refractivity contribution is -0.118. The lowest BCUT2D eigenvalue weighted by atomic mass is 10.0. The van der Waals surface area contributed by atoms with Gasteiger partial charge >= 0.3 is 0 Å². The molecule has 0 aliphatic heterocycles. The Hall–Kier alpha value is -2.69. The van der Waals surface area contributed by atoms with Crippen molar-refractivity contribution in [1.82, 2.24) is 10.6 Å². The van der Waals surface area contributed by atoms with Crippen molar-refractivity contribution in [2.24, 2.45) is 0 Å². The van der Waals surface area contributed by atoms with Crippen LogP contribution in [-0.2, 0) is 4.79 Å². The van der Waals surface area contributed by atoms with Crippen LogP contribution >= 0.6 is 0 Å². The van der Waals surface area contributed by atoms with E-state index in [1.807, 2.05) is 30.3 Å². The van der Waals surface area contributed by atoms with E-state index in [4.69, 9.17) is 0 Å². The fourth-order valence-electron chi connectivity index (χ4n) is 2.03. The van der Waals surface area contributed by atoms with Gasteiger partial charge < -0.3 is 10.6 Å². The van der Waals surface area contributed by atoms with Gasteiger partial charge in [-0.15, -0.1) is 0 Å². The molecule has 22 heavy (non-hydrogen) atoms. The normalized spacial score (nSPS) is 10.1. The highest BCUT2D eigenvalue weighted by molar-refractivity contribution is 5.95. The van der Waals surface area contributed by atoms with E-state index in [-0.39, 0.29) is 23.9 Å². The first-order valence-electron chi connectivity index (χ1n) is 6.95. The highest BCUT2D eigenvalue weighted by Crippen LogP contribution is 2.21. The summed E-state index contributed by atoms with van der Waals surface area (Å²) in [6, 6.07) is 13.5. The Morgan fingerprint density at radius 2 is 1.64 bits per heavy atom. The van der Waals surface area contributed by atoms with E-state index < -0.39 is 5.82 Å². The first-order valence-corrected chi connectivity index (χ1v) is 6.95. The van der Waals surface area contributed by atoms with Crippen molar-refractivity contribution >= 4 is 11.8 Å². The van der Waals surface area contributed by atoms with E-state index in [0.717, 1.165) is 5.56 Å². The van der Waals surface area contributed by atoms with Crippen molar-refractivity contribution in [3.8, 4) is 11.1 Å². The number of carbonyl (C=O) groups excluding carboxylic acids is 2. The molecule has 0 aromatic heterocycles. The van der Waals surface area contributed by atoms with E-state index in [1.54, 1.807) is 6.07 Å². The Bertz CT molecular complexity index is 672. The Labute approximate surface area is 128 Å². The third-order valence-corrected chi connectivity index (χ3v) is 3.05. The highest BCUT2D eigenvalue weighted by Gasteiger charge is 2.09. The summed E-state index contributed by atoms with van der Waals surface area (Å²) in [5.74, 6) is -0.998. The number of hydrogen-bond acceptors (Lipinski definition) is 2. The van der Waals surface area contributed by atoms with Gasteiger partial charge in [0, 0.05) is 25.6 Å². The molecule has 4 nitrogen and oxygen atoms in total. The highest BCUT2D eigenvalue weighted by atomic mass is 19.1. The molecular weight excluding hydrogens is 283 g/mol. The van der Waals surface area contributed by atoms with Gasteiger partial charge in [-0.1, -0.05) is 30.3 Å². The van der Waals surface area contributed by atoms with Crippen LogP contribution in [0, 0.1) is 5.82 Å². The molecule has 5 heteroatoms. The van der Waals surface area contributed by atoms with Gasteiger partial charge in [0.05, 0.1) is 0 Å². The maximum Gasteiger partial charge on any atom is 0.251 e. The van der Waals surface area contributed by atoms with Crippen molar-refractivity contribution in [1.29, 1.82) is 0 Å². The summed E-state index contributed by atoms with van der Waals surface area (Å²) in [7, 11) is 0. The molecule has 2 aromatic rings. The molecule has 0 atom stereocenters. The van der Waals surface area contributed by atoms with Crippen LogP contribution in [0.3, 0.4) is 0 Å². The fraction of sp³-hybridized carbons (Fsp3) is 0.176. The number of benzene rings is 2. The van der Waals surface area contributed by atoms with Gasteiger partial charge in [-0.2, -0.15) is 0 Å². The molecule has 2 N–H and O–H groups in total. The average Bonchev–Trinajstić information content (AvgIpc) is 2.51. The number of rotatable bonds is 5. The molecule has 0 saturated carbocycles. The second kappa shape index (κ2) is 7.36. The zero-order chi connectivity index (χ0) is 15.9. The second-order valence-electron chi connectivity index (χ2n) is 4.83. The number of carbonyl (C=O) groups is 2. The fourth-order valence-corrected chi connectivity index (χ4v) is 2.03. The van der Waals surface area contributed by atoms with Crippen LogP contribution in [0.4, 0.5) is 4.39 Å². The standard InChI is InChI=1S/C17H17FN2O2/c1-12(21)19-7-8-20-17(22)15-9-14(10-16(18)11-15)13-5-3-2-4-6-13/h2-6,9-11H,7-8H2,1H3,(H,19,21)(H,20,22). The molecule has 0 heterocycles. The molecule has 0 bridgehead atoms. The molecule has 0 spiro atoms. The maximum absolute atomic E-state index is 13.7. The molecular formula is C17H17FN2O2. The van der Waals surface area contributed by atoms with Crippen molar-refractivity contribution in [3.63, 3.8) is 0 Å². The second-order valence-corrected chi connectivity index (χ2v) is 4.83. The van der Waals surface area contributed by atoms with Crippen molar-refractivity contribution in [2.45, 2.75) is 6.92 Å². The van der Waals surface area contributed by atoms with Crippen LogP contribution in [0.25, 0.3) is 11.1 Å². The molecule has 0 radical (unpaired) electrons. The van der Waals surface area contributed by atoms with Crippen LogP contribution in [0.15, 0.2) is 48.5 Å². The summed E-state index contributed by atoms with van der Waals surface area (Å²) in [5.41, 5.74) is 1.74. The topological polar surface area (TPSA) is 58.2 Å². The number of halogens is 1. The van der Waals surface area contributed by atoms with Crippen LogP contribution in [0.2, 0.25) is 0 Å². The van der Waals surface area contributed by atoms with E-state index in [1.165, 1.54) is 19.1 Å². The lowest BCUT2D eigenvalue weighted by Crippen LogP contribution is -2.33. The molecule has 0 aliphatic carbocycles. The van der Waals surface area contributed by atoms with E-state index >= 15 is 0 Å². The van der Waals surface area contributed by atoms with E-state index in [9.17, 15) is 14.0 Å². The minimum absolute atomic E-state index is 0.161. The van der Waals surface area contributed by atoms with Crippen molar-refractivity contribution in [2.75, 3.05) is 13.1 Å². The summed E-state index contributed by atoms with van der Waals surface area (Å²) >= 11 is 0. The predicted octanol–water partition coefficient (Wildman–Crippen LogP) is 2.36. The first-order chi connectivity index (χ1) is 10.6. The molecule has 2 rings (SSSR count). The SMILES string of the molecule is CC(=O)NCCNC(=O)c1cc(F)cc(-c2ccccc2)c1. The lowest BCUT2D eigenvalue weighted by Gasteiger charge is -2.08. The molecule has 0 aliphatic rings. The van der Waals surface area contributed by atoms with Gasteiger partial charge in [-0.3, -0.25) is 9.59 Å². The summed E-state index contributed by atoms with van der Waals surface area (Å²) < 4.78 is 13.7. The Morgan fingerprint density at radius 3 is 2.32 bits per heavy atom. The zero-order valence-corrected chi connectivity index (χ0v) is 12.2. The predicted molar refractivity (Wildman–Crippen MR) is 82.9 cm³/mol. The molecule has 0 unspecified atom stereocenters. The summed E-state index contributed by atoms with van der Waals surface area (Å²) in [6.45, 7) is 2.03. The average molecular weight is 300 g/mol. The summed E-state index contributed by atoms with van der Waals surface area (Å²) in [6.07, 6.45) is 0.